The smallest absolute Gasteiger partial charge is 0.0806 e. The highest BCUT2D eigenvalue weighted by molar-refractivity contribution is 5.42. The molecule has 94 valence electrons. The molecule has 0 bridgehead atoms. The third kappa shape index (κ3) is 2.03. The van der Waals surface area contributed by atoms with Crippen molar-refractivity contribution < 1.29 is 5.11 Å². The van der Waals surface area contributed by atoms with E-state index in [1.54, 1.807) is 0 Å². The zero-order valence-electron chi connectivity index (χ0n) is 10.5. The Kier molecular flexibility index (Phi) is 3.06. The number of hydrogen-bond acceptors (Lipinski definition) is 2. The van der Waals surface area contributed by atoms with Crippen molar-refractivity contribution in [2.45, 2.75) is 24.4 Å². The van der Waals surface area contributed by atoms with Crippen LogP contribution in [0.15, 0.2) is 54.6 Å². The van der Waals surface area contributed by atoms with Gasteiger partial charge in [0, 0.05) is 5.92 Å². The van der Waals surface area contributed by atoms with Crippen LogP contribution in [0.25, 0.3) is 0 Å². The molecule has 1 aliphatic carbocycles. The molecule has 0 fully saturated rings. The minimum absolute atomic E-state index is 0.122. The first-order valence-electron chi connectivity index (χ1n) is 6.51. The Labute approximate surface area is 112 Å². The normalized spacial score (nSPS) is 22.5. The maximum Gasteiger partial charge on any atom is 0.0806 e. The van der Waals surface area contributed by atoms with Gasteiger partial charge in [0.2, 0.25) is 0 Å². The minimum atomic E-state index is -0.470. The highest BCUT2D eigenvalue weighted by Crippen LogP contribution is 2.42. The van der Waals surface area contributed by atoms with E-state index in [4.69, 9.17) is 0 Å². The van der Waals surface area contributed by atoms with Gasteiger partial charge < -0.3 is 5.11 Å². The van der Waals surface area contributed by atoms with Crippen LogP contribution in [0.1, 0.15) is 28.5 Å². The number of hydrogen-bond donors (Lipinski definition) is 1. The van der Waals surface area contributed by atoms with Crippen LogP contribution in [0.2, 0.25) is 0 Å². The predicted octanol–water partition coefficient (Wildman–Crippen LogP) is 2.99. The highest BCUT2D eigenvalue weighted by Gasteiger charge is 2.37. The van der Waals surface area contributed by atoms with Crippen LogP contribution < -0.4 is 0 Å². The number of nitriles is 1. The standard InChI is InChI=1S/C17H15NO/c18-11-15(12-6-2-1-3-7-12)17-14-9-5-4-8-13(14)10-16(17)19/h1-9,15-17,19H,10H2/t15-,16+,17+/m0/s1. The van der Waals surface area contributed by atoms with Crippen LogP contribution in [-0.2, 0) is 6.42 Å². The van der Waals surface area contributed by atoms with Gasteiger partial charge in [0.05, 0.1) is 18.1 Å². The fourth-order valence-electron chi connectivity index (χ4n) is 3.03. The molecule has 2 heteroatoms. The van der Waals surface area contributed by atoms with E-state index in [-0.39, 0.29) is 11.8 Å². The lowest BCUT2D eigenvalue weighted by molar-refractivity contribution is 0.151. The molecule has 2 aromatic rings. The molecule has 0 aromatic heterocycles. The molecule has 2 aromatic carbocycles. The Bertz CT molecular complexity index is 615. The molecule has 0 radical (unpaired) electrons. The molecule has 1 N–H and O–H groups in total. The first-order valence-corrected chi connectivity index (χ1v) is 6.51. The van der Waals surface area contributed by atoms with E-state index >= 15 is 0 Å². The van der Waals surface area contributed by atoms with Gasteiger partial charge in [-0.2, -0.15) is 5.26 Å². The molecule has 0 saturated carbocycles. The van der Waals surface area contributed by atoms with Gasteiger partial charge in [-0.25, -0.2) is 0 Å². The Morgan fingerprint density at radius 2 is 1.74 bits per heavy atom. The summed E-state index contributed by atoms with van der Waals surface area (Å²) in [6.45, 7) is 0. The van der Waals surface area contributed by atoms with Crippen molar-refractivity contribution in [2.24, 2.45) is 0 Å². The molecule has 0 saturated heterocycles. The fourth-order valence-corrected chi connectivity index (χ4v) is 3.03. The average molecular weight is 249 g/mol. The molecular formula is C17H15NO. The van der Waals surface area contributed by atoms with Crippen molar-refractivity contribution in [3.63, 3.8) is 0 Å². The number of fused-ring (bicyclic) bond motifs is 1. The maximum atomic E-state index is 10.3. The fraction of sp³-hybridized carbons (Fsp3) is 0.235. The van der Waals surface area contributed by atoms with Gasteiger partial charge in [0.25, 0.3) is 0 Å². The number of aliphatic hydroxyl groups is 1. The number of nitrogens with zero attached hydrogens (tertiary/aromatic N) is 1. The molecule has 3 atom stereocenters. The molecular weight excluding hydrogens is 234 g/mol. The summed E-state index contributed by atoms with van der Waals surface area (Å²) in [6.07, 6.45) is 0.175. The molecule has 1 aliphatic rings. The molecule has 3 rings (SSSR count). The van der Waals surface area contributed by atoms with Gasteiger partial charge in [0.1, 0.15) is 0 Å². The van der Waals surface area contributed by atoms with E-state index < -0.39 is 6.10 Å². The Balaban J connectivity index is 2.04. The molecule has 0 heterocycles. The van der Waals surface area contributed by atoms with E-state index in [1.807, 2.05) is 54.6 Å². The lowest BCUT2D eigenvalue weighted by atomic mass is 9.82. The van der Waals surface area contributed by atoms with Gasteiger partial charge in [-0.3, -0.25) is 0 Å². The second-order valence-corrected chi connectivity index (χ2v) is 5.01. The summed E-state index contributed by atoms with van der Waals surface area (Å²) < 4.78 is 0. The second kappa shape index (κ2) is 4.87. The van der Waals surface area contributed by atoms with Crippen molar-refractivity contribution >= 4 is 0 Å². The van der Waals surface area contributed by atoms with Gasteiger partial charge >= 0.3 is 0 Å². The lowest BCUT2D eigenvalue weighted by Gasteiger charge is -2.21. The van der Waals surface area contributed by atoms with E-state index in [0.717, 1.165) is 16.7 Å². The van der Waals surface area contributed by atoms with Crippen molar-refractivity contribution in [3.05, 3.63) is 71.3 Å². The SMILES string of the molecule is N#C[C@@H](c1ccccc1)[C@H]1c2ccccc2C[C@H]1O. The molecule has 0 aliphatic heterocycles. The lowest BCUT2D eigenvalue weighted by Crippen LogP contribution is -2.20. The van der Waals surface area contributed by atoms with Gasteiger partial charge in [-0.1, -0.05) is 54.6 Å². The predicted molar refractivity (Wildman–Crippen MR) is 73.7 cm³/mol. The quantitative estimate of drug-likeness (QED) is 0.889. The van der Waals surface area contributed by atoms with E-state index in [0.29, 0.717) is 6.42 Å². The first kappa shape index (κ1) is 12.0. The summed E-state index contributed by atoms with van der Waals surface area (Å²) in [5, 5.41) is 19.8. The topological polar surface area (TPSA) is 44.0 Å². The zero-order chi connectivity index (χ0) is 13.2. The summed E-state index contributed by atoms with van der Waals surface area (Å²) in [5.41, 5.74) is 3.26. The summed E-state index contributed by atoms with van der Waals surface area (Å²) in [4.78, 5) is 0. The third-order valence-electron chi connectivity index (χ3n) is 3.91. The number of aliphatic hydroxyl groups excluding tert-OH is 1. The van der Waals surface area contributed by atoms with Crippen LogP contribution in [0, 0.1) is 11.3 Å². The van der Waals surface area contributed by atoms with Gasteiger partial charge in [-0.05, 0) is 23.1 Å². The van der Waals surface area contributed by atoms with E-state index in [1.165, 1.54) is 0 Å². The molecule has 19 heavy (non-hydrogen) atoms. The largest absolute Gasteiger partial charge is 0.392 e. The Hall–Kier alpha value is -2.11. The number of benzene rings is 2. The van der Waals surface area contributed by atoms with Crippen LogP contribution in [0.3, 0.4) is 0 Å². The molecule has 0 spiro atoms. The molecule has 0 amide bonds. The van der Waals surface area contributed by atoms with Crippen LogP contribution in [0.5, 0.6) is 0 Å². The summed E-state index contributed by atoms with van der Waals surface area (Å²) in [6, 6.07) is 20.1. The summed E-state index contributed by atoms with van der Waals surface area (Å²) >= 11 is 0. The van der Waals surface area contributed by atoms with E-state index in [2.05, 4.69) is 6.07 Å². The zero-order valence-corrected chi connectivity index (χ0v) is 10.5. The van der Waals surface area contributed by atoms with E-state index in [9.17, 15) is 10.4 Å². The highest BCUT2D eigenvalue weighted by atomic mass is 16.3. The monoisotopic (exact) mass is 249 g/mol. The Morgan fingerprint density at radius 1 is 1.05 bits per heavy atom. The maximum absolute atomic E-state index is 10.3. The Morgan fingerprint density at radius 3 is 2.47 bits per heavy atom. The third-order valence-corrected chi connectivity index (χ3v) is 3.91. The second-order valence-electron chi connectivity index (χ2n) is 5.01. The van der Waals surface area contributed by atoms with Crippen molar-refractivity contribution in [1.82, 2.24) is 0 Å². The molecule has 2 nitrogen and oxygen atoms in total. The summed E-state index contributed by atoms with van der Waals surface area (Å²) in [5.74, 6) is -0.413. The van der Waals surface area contributed by atoms with Gasteiger partial charge in [-0.15, -0.1) is 0 Å². The number of rotatable bonds is 2. The average Bonchev–Trinajstić information content (AvgIpc) is 2.78. The van der Waals surface area contributed by atoms with Crippen molar-refractivity contribution in [1.29, 1.82) is 5.26 Å². The van der Waals surface area contributed by atoms with Crippen LogP contribution in [-0.4, -0.2) is 11.2 Å². The molecule has 0 unspecified atom stereocenters. The minimum Gasteiger partial charge on any atom is -0.392 e. The first-order chi connectivity index (χ1) is 9.31. The van der Waals surface area contributed by atoms with Crippen molar-refractivity contribution in [3.8, 4) is 6.07 Å². The van der Waals surface area contributed by atoms with Crippen LogP contribution in [0.4, 0.5) is 0 Å². The van der Waals surface area contributed by atoms with Gasteiger partial charge in [0.15, 0.2) is 0 Å². The van der Waals surface area contributed by atoms with Crippen molar-refractivity contribution in [2.75, 3.05) is 0 Å². The van der Waals surface area contributed by atoms with Crippen LogP contribution >= 0.6 is 0 Å². The summed E-state index contributed by atoms with van der Waals surface area (Å²) in [7, 11) is 0.